The Morgan fingerprint density at radius 3 is 0.678 bits per heavy atom. The molecule has 0 N–H and O–H groups in total. The van der Waals surface area contributed by atoms with Gasteiger partial charge in [0.2, 0.25) is 0 Å². The fraction of sp³-hybridized carbons (Fsp3) is 0.0118. The summed E-state index contributed by atoms with van der Waals surface area (Å²) in [5, 5.41) is 0. The maximum Gasteiger partial charge on any atom is 0.0715 e. The molecule has 0 amide bonds. The molecular weight excluding hydrogens is 1050 g/mol. The van der Waals surface area contributed by atoms with Crippen LogP contribution in [0.25, 0.3) is 77.9 Å². The third-order valence-corrected chi connectivity index (χ3v) is 17.3. The van der Waals surface area contributed by atoms with E-state index >= 15 is 0 Å². The van der Waals surface area contributed by atoms with Crippen LogP contribution < -0.4 is 9.80 Å². The number of nitrogens with zero attached hydrogens (tertiary/aromatic N) is 2. The summed E-state index contributed by atoms with van der Waals surface area (Å²) in [6.07, 6.45) is 0. The van der Waals surface area contributed by atoms with Gasteiger partial charge in [0.15, 0.2) is 0 Å². The highest BCUT2D eigenvalue weighted by atomic mass is 15.2. The molecule has 87 heavy (non-hydrogen) atoms. The molecular formula is C85H60N2. The van der Waals surface area contributed by atoms with E-state index in [1.54, 1.807) is 0 Å². The van der Waals surface area contributed by atoms with Crippen LogP contribution in [0.1, 0.15) is 22.3 Å². The Morgan fingerprint density at radius 1 is 0.161 bits per heavy atom. The van der Waals surface area contributed by atoms with Crippen LogP contribution in [0, 0.1) is 0 Å². The van der Waals surface area contributed by atoms with Gasteiger partial charge < -0.3 is 9.80 Å². The number of rotatable bonds is 14. The number of hydrogen-bond donors (Lipinski definition) is 0. The third-order valence-electron chi connectivity index (χ3n) is 17.3. The molecule has 0 saturated heterocycles. The molecule has 15 rings (SSSR count). The van der Waals surface area contributed by atoms with E-state index in [2.05, 4.69) is 374 Å². The Bertz CT molecular complexity index is 4210. The molecule has 0 radical (unpaired) electrons. The molecule has 2 heteroatoms. The Morgan fingerprint density at radius 2 is 0.391 bits per heavy atom. The topological polar surface area (TPSA) is 6.48 Å². The summed E-state index contributed by atoms with van der Waals surface area (Å²) in [7, 11) is 0. The highest BCUT2D eigenvalue weighted by Crippen LogP contribution is 2.59. The Labute approximate surface area is 510 Å². The quantitative estimate of drug-likeness (QED) is 0.107. The van der Waals surface area contributed by atoms with E-state index in [0.717, 1.165) is 84.2 Å². The van der Waals surface area contributed by atoms with Crippen LogP contribution in [0.4, 0.5) is 34.1 Å². The molecule has 0 atom stereocenters. The van der Waals surface area contributed by atoms with Crippen LogP contribution in [0.15, 0.2) is 364 Å². The van der Waals surface area contributed by atoms with Gasteiger partial charge in [-0.2, -0.15) is 0 Å². The fourth-order valence-electron chi connectivity index (χ4n) is 13.2. The number of benzene rings is 14. The average Bonchev–Trinajstić information content (AvgIpc) is 1.63. The predicted molar refractivity (Wildman–Crippen MR) is 366 cm³/mol. The number of hydrogen-bond acceptors (Lipinski definition) is 2. The van der Waals surface area contributed by atoms with E-state index in [1.165, 1.54) is 50.1 Å². The molecule has 0 unspecified atom stereocenters. The Balaban J connectivity index is 1.05. The minimum atomic E-state index is -0.841. The van der Waals surface area contributed by atoms with E-state index in [9.17, 15) is 0 Å². The van der Waals surface area contributed by atoms with Crippen LogP contribution in [0.2, 0.25) is 0 Å². The third kappa shape index (κ3) is 9.99. The lowest BCUT2D eigenvalue weighted by molar-refractivity contribution is 0.769. The van der Waals surface area contributed by atoms with Crippen LogP contribution >= 0.6 is 0 Å². The molecule has 2 nitrogen and oxygen atoms in total. The van der Waals surface area contributed by atoms with Gasteiger partial charge in [-0.15, -0.1) is 0 Å². The van der Waals surface area contributed by atoms with Gasteiger partial charge in [0.05, 0.1) is 5.41 Å². The number of fused-ring (bicyclic) bond motifs is 3. The van der Waals surface area contributed by atoms with Crippen molar-refractivity contribution >= 4 is 34.1 Å². The van der Waals surface area contributed by atoms with Crippen molar-refractivity contribution in [3.05, 3.63) is 386 Å². The second-order valence-electron chi connectivity index (χ2n) is 22.4. The molecule has 1 aliphatic rings. The van der Waals surface area contributed by atoms with Crippen molar-refractivity contribution in [1.82, 2.24) is 0 Å². The first kappa shape index (κ1) is 52.5. The summed E-state index contributed by atoms with van der Waals surface area (Å²) in [5.41, 5.74) is 26.5. The zero-order chi connectivity index (χ0) is 57.9. The zero-order valence-electron chi connectivity index (χ0n) is 48.0. The zero-order valence-corrected chi connectivity index (χ0v) is 48.0. The molecule has 0 bridgehead atoms. The van der Waals surface area contributed by atoms with Gasteiger partial charge >= 0.3 is 0 Å². The van der Waals surface area contributed by atoms with Crippen LogP contribution in [0.5, 0.6) is 0 Å². The molecule has 0 heterocycles. The van der Waals surface area contributed by atoms with Gasteiger partial charge in [-0.25, -0.2) is 0 Å². The molecule has 1 aliphatic carbocycles. The summed E-state index contributed by atoms with van der Waals surface area (Å²) in [4.78, 5) is 4.92. The van der Waals surface area contributed by atoms with E-state index in [4.69, 9.17) is 0 Å². The summed E-state index contributed by atoms with van der Waals surface area (Å²) in [5.74, 6) is 0. The monoisotopic (exact) mass is 1110 g/mol. The lowest BCUT2D eigenvalue weighted by Crippen LogP contribution is -2.29. The molecule has 0 aromatic heterocycles. The lowest BCUT2D eigenvalue weighted by atomic mass is 9.66. The molecule has 410 valence electrons. The first-order chi connectivity index (χ1) is 43.1. The summed E-state index contributed by atoms with van der Waals surface area (Å²) >= 11 is 0. The Kier molecular flexibility index (Phi) is 13.9. The van der Waals surface area contributed by atoms with E-state index in [1.807, 2.05) is 0 Å². The van der Waals surface area contributed by atoms with Crippen LogP contribution in [-0.4, -0.2) is 0 Å². The molecule has 0 saturated carbocycles. The Hall–Kier alpha value is -11.3. The van der Waals surface area contributed by atoms with Gasteiger partial charge in [0.1, 0.15) is 0 Å². The summed E-state index contributed by atoms with van der Waals surface area (Å²) in [6, 6.07) is 134. The largest absolute Gasteiger partial charge is 0.310 e. The minimum Gasteiger partial charge on any atom is -0.310 e. The van der Waals surface area contributed by atoms with Gasteiger partial charge in [0, 0.05) is 34.1 Å². The van der Waals surface area contributed by atoms with Gasteiger partial charge in [-0.3, -0.25) is 0 Å². The predicted octanol–water partition coefficient (Wildman–Crippen LogP) is 23.0. The normalized spacial score (nSPS) is 12.0. The van der Waals surface area contributed by atoms with E-state index < -0.39 is 5.41 Å². The van der Waals surface area contributed by atoms with Crippen molar-refractivity contribution in [2.45, 2.75) is 5.41 Å². The SMILES string of the molecule is c1ccc(-c2ccc(N(c3ccc(-c4ccccc4)cc3)c3cc(N(c4ccc(-c5ccccc5)cc4)c4ccc(-c5ccccc5)cc4)cc(C4(c5cc(-c6ccccc6)cc(-c6ccccc6)c5)c5ccccc5-c5ccccc54)c3)cc2)cc1. The van der Waals surface area contributed by atoms with Gasteiger partial charge in [-0.05, 0) is 185 Å². The van der Waals surface area contributed by atoms with Crippen molar-refractivity contribution in [3.8, 4) is 77.9 Å². The highest BCUT2D eigenvalue weighted by Gasteiger charge is 2.47. The van der Waals surface area contributed by atoms with Crippen molar-refractivity contribution in [3.63, 3.8) is 0 Å². The second-order valence-corrected chi connectivity index (χ2v) is 22.4. The summed E-state index contributed by atoms with van der Waals surface area (Å²) in [6.45, 7) is 0. The molecule has 0 fully saturated rings. The van der Waals surface area contributed by atoms with Crippen molar-refractivity contribution in [2.75, 3.05) is 9.80 Å². The maximum absolute atomic E-state index is 2.49. The minimum absolute atomic E-state index is 0.841. The second kappa shape index (κ2) is 23.0. The first-order valence-electron chi connectivity index (χ1n) is 30.0. The van der Waals surface area contributed by atoms with Crippen molar-refractivity contribution in [1.29, 1.82) is 0 Å². The van der Waals surface area contributed by atoms with Crippen molar-refractivity contribution < 1.29 is 0 Å². The highest BCUT2D eigenvalue weighted by molar-refractivity contribution is 5.92. The van der Waals surface area contributed by atoms with Gasteiger partial charge in [-0.1, -0.05) is 279 Å². The fourth-order valence-corrected chi connectivity index (χ4v) is 13.2. The molecule has 14 aromatic rings. The van der Waals surface area contributed by atoms with Crippen LogP contribution in [-0.2, 0) is 5.41 Å². The average molecular weight is 1110 g/mol. The maximum atomic E-state index is 2.49. The molecule has 0 spiro atoms. The number of anilines is 6. The smallest absolute Gasteiger partial charge is 0.0715 e. The molecule has 14 aromatic carbocycles. The molecule has 0 aliphatic heterocycles. The van der Waals surface area contributed by atoms with E-state index in [0.29, 0.717) is 0 Å². The first-order valence-corrected chi connectivity index (χ1v) is 30.0. The van der Waals surface area contributed by atoms with Crippen LogP contribution in [0.3, 0.4) is 0 Å². The van der Waals surface area contributed by atoms with Gasteiger partial charge in [0.25, 0.3) is 0 Å². The standard InChI is InChI=1S/C85H60N2/c1-7-23-61(24-8-1)67-39-47-75(48-40-67)86(76-49-41-68(42-50-76)62-25-9-2-10-26-62)79-58-74(59-80(60-79)87(77-51-43-69(44-52-77)63-27-11-3-12-28-63)78-53-45-70(46-54-78)64-29-13-4-14-30-64)85(83-37-21-19-35-81(83)82-36-20-22-38-84(82)85)73-56-71(65-31-15-5-16-32-65)55-72(57-73)66-33-17-6-18-34-66/h1-60H. The summed E-state index contributed by atoms with van der Waals surface area (Å²) < 4.78 is 0. The lowest BCUT2D eigenvalue weighted by Gasteiger charge is -2.37. The van der Waals surface area contributed by atoms with E-state index in [-0.39, 0.29) is 0 Å². The van der Waals surface area contributed by atoms with Crippen molar-refractivity contribution in [2.24, 2.45) is 0 Å².